The van der Waals surface area contributed by atoms with Crippen LogP contribution in [0.25, 0.3) is 0 Å². The lowest BCUT2D eigenvalue weighted by molar-refractivity contribution is -0.117. The highest BCUT2D eigenvalue weighted by Crippen LogP contribution is 2.24. The summed E-state index contributed by atoms with van der Waals surface area (Å²) in [6.07, 6.45) is 0.625. The van der Waals surface area contributed by atoms with Crippen molar-refractivity contribution in [2.24, 2.45) is 0 Å². The van der Waals surface area contributed by atoms with Crippen molar-refractivity contribution in [2.75, 3.05) is 0 Å². The number of hydrogen-bond acceptors (Lipinski definition) is 2. The van der Waals surface area contributed by atoms with E-state index >= 15 is 0 Å². The largest absolute Gasteiger partial charge is 0.298 e. The van der Waals surface area contributed by atoms with Crippen LogP contribution in [0.1, 0.15) is 25.8 Å². The second-order valence-electron chi connectivity index (χ2n) is 3.40. The van der Waals surface area contributed by atoms with E-state index in [1.54, 1.807) is 11.8 Å². The van der Waals surface area contributed by atoms with E-state index in [0.29, 0.717) is 12.2 Å². The lowest BCUT2D eigenvalue weighted by Gasteiger charge is -2.08. The zero-order valence-electron chi connectivity index (χ0n) is 8.91. The van der Waals surface area contributed by atoms with Crippen molar-refractivity contribution >= 4 is 17.5 Å². The van der Waals surface area contributed by atoms with E-state index in [-0.39, 0.29) is 5.25 Å². The van der Waals surface area contributed by atoms with Gasteiger partial charge in [0.25, 0.3) is 0 Å². The number of benzene rings is 1. The number of aryl methyl sites for hydroxylation is 1. The summed E-state index contributed by atoms with van der Waals surface area (Å²) in [7, 11) is 0. The zero-order chi connectivity index (χ0) is 10.6. The molecule has 0 aromatic heterocycles. The van der Waals surface area contributed by atoms with Crippen molar-refractivity contribution in [3.63, 3.8) is 0 Å². The topological polar surface area (TPSA) is 17.1 Å². The van der Waals surface area contributed by atoms with Crippen LogP contribution in [-0.4, -0.2) is 11.0 Å². The summed E-state index contributed by atoms with van der Waals surface area (Å²) in [6, 6.07) is 8.26. The van der Waals surface area contributed by atoms with Gasteiger partial charge in [-0.15, -0.1) is 11.8 Å². The number of rotatable bonds is 4. The highest BCUT2D eigenvalue weighted by molar-refractivity contribution is 8.00. The molecule has 0 aliphatic carbocycles. The molecule has 1 rings (SSSR count). The molecule has 14 heavy (non-hydrogen) atoms. The Morgan fingerprint density at radius 1 is 1.50 bits per heavy atom. The Morgan fingerprint density at radius 3 is 2.79 bits per heavy atom. The average molecular weight is 208 g/mol. The molecule has 0 aliphatic rings. The van der Waals surface area contributed by atoms with E-state index in [0.717, 1.165) is 0 Å². The Labute approximate surface area is 89.9 Å². The molecule has 0 fully saturated rings. The molecule has 2 heteroatoms. The number of ketones is 1. The molecule has 1 nitrogen and oxygen atoms in total. The predicted octanol–water partition coefficient (Wildman–Crippen LogP) is 3.45. The highest BCUT2D eigenvalue weighted by Gasteiger charge is 2.11. The number of Topliss-reactive ketones (excluding diaryl/α,β-unsaturated/α-hetero) is 1. The summed E-state index contributed by atoms with van der Waals surface area (Å²) < 4.78 is 0. The molecular weight excluding hydrogens is 192 g/mol. The molecule has 0 heterocycles. The Balaban J connectivity index is 2.64. The third-order valence-corrected chi connectivity index (χ3v) is 3.25. The van der Waals surface area contributed by atoms with Crippen LogP contribution < -0.4 is 0 Å². The Bertz CT molecular complexity index is 320. The van der Waals surface area contributed by atoms with E-state index < -0.39 is 0 Å². The molecule has 0 spiro atoms. The molecule has 0 aliphatic heterocycles. The van der Waals surface area contributed by atoms with Crippen LogP contribution in [-0.2, 0) is 4.79 Å². The van der Waals surface area contributed by atoms with Gasteiger partial charge in [0.05, 0.1) is 5.25 Å². The van der Waals surface area contributed by atoms with E-state index in [4.69, 9.17) is 0 Å². The maximum Gasteiger partial charge on any atom is 0.145 e. The maximum atomic E-state index is 11.4. The second kappa shape index (κ2) is 5.20. The first-order chi connectivity index (χ1) is 6.63. The monoisotopic (exact) mass is 208 g/mol. The summed E-state index contributed by atoms with van der Waals surface area (Å²) in [5, 5.41) is 0.0711. The summed E-state index contributed by atoms with van der Waals surface area (Å²) in [4.78, 5) is 12.6. The first-order valence-electron chi connectivity index (χ1n) is 4.89. The minimum atomic E-state index is 0.0711. The number of hydrogen-bond donors (Lipinski definition) is 0. The van der Waals surface area contributed by atoms with Gasteiger partial charge in [-0.1, -0.05) is 24.6 Å². The van der Waals surface area contributed by atoms with Crippen molar-refractivity contribution in [1.82, 2.24) is 0 Å². The van der Waals surface area contributed by atoms with Gasteiger partial charge in [0.15, 0.2) is 0 Å². The van der Waals surface area contributed by atoms with Gasteiger partial charge in [-0.05, 0) is 26.0 Å². The molecule has 0 saturated heterocycles. The fourth-order valence-corrected chi connectivity index (χ4v) is 2.36. The van der Waals surface area contributed by atoms with Gasteiger partial charge in [0, 0.05) is 11.3 Å². The van der Waals surface area contributed by atoms with Gasteiger partial charge in [-0.2, -0.15) is 0 Å². The minimum absolute atomic E-state index is 0.0711. The Morgan fingerprint density at radius 2 is 2.21 bits per heavy atom. The lowest BCUT2D eigenvalue weighted by atomic mass is 10.2. The molecule has 1 unspecified atom stereocenters. The number of thioether (sulfide) groups is 1. The summed E-state index contributed by atoms with van der Waals surface area (Å²) in [5.41, 5.74) is 1.24. The summed E-state index contributed by atoms with van der Waals surface area (Å²) in [5.74, 6) is 0.316. The van der Waals surface area contributed by atoms with Gasteiger partial charge in [0.2, 0.25) is 0 Å². The molecule has 0 N–H and O–H groups in total. The van der Waals surface area contributed by atoms with Crippen LogP contribution in [0.3, 0.4) is 0 Å². The molecular formula is C12H16OS. The Hall–Kier alpha value is -0.760. The van der Waals surface area contributed by atoms with Crippen LogP contribution in [0.2, 0.25) is 0 Å². The van der Waals surface area contributed by atoms with Gasteiger partial charge >= 0.3 is 0 Å². The average Bonchev–Trinajstić information content (AvgIpc) is 2.16. The van der Waals surface area contributed by atoms with Crippen LogP contribution in [0.5, 0.6) is 0 Å². The van der Waals surface area contributed by atoms with Crippen LogP contribution in [0, 0.1) is 6.92 Å². The van der Waals surface area contributed by atoms with Crippen molar-refractivity contribution in [1.29, 1.82) is 0 Å². The van der Waals surface area contributed by atoms with Gasteiger partial charge < -0.3 is 0 Å². The van der Waals surface area contributed by atoms with Crippen LogP contribution >= 0.6 is 11.8 Å². The van der Waals surface area contributed by atoms with E-state index in [2.05, 4.69) is 25.1 Å². The standard InChI is InChI=1S/C12H16OS/c1-4-12(13)10(3)14-11-7-5-6-9(2)8-11/h5-8,10H,4H2,1-3H3. The SMILES string of the molecule is CCC(=O)C(C)Sc1cccc(C)c1. The van der Waals surface area contributed by atoms with E-state index in [1.807, 2.05) is 19.9 Å². The number of carbonyl (C=O) groups is 1. The third-order valence-electron chi connectivity index (χ3n) is 2.10. The molecule has 0 radical (unpaired) electrons. The molecule has 1 aromatic rings. The normalized spacial score (nSPS) is 12.5. The fourth-order valence-electron chi connectivity index (χ4n) is 1.25. The maximum absolute atomic E-state index is 11.4. The highest BCUT2D eigenvalue weighted by atomic mass is 32.2. The zero-order valence-corrected chi connectivity index (χ0v) is 9.73. The predicted molar refractivity (Wildman–Crippen MR) is 61.8 cm³/mol. The minimum Gasteiger partial charge on any atom is -0.298 e. The van der Waals surface area contributed by atoms with Gasteiger partial charge in [-0.25, -0.2) is 0 Å². The second-order valence-corrected chi connectivity index (χ2v) is 4.81. The van der Waals surface area contributed by atoms with E-state index in [1.165, 1.54) is 10.5 Å². The van der Waals surface area contributed by atoms with Crippen LogP contribution in [0.15, 0.2) is 29.2 Å². The third kappa shape index (κ3) is 3.18. The molecule has 0 amide bonds. The molecule has 76 valence electrons. The fraction of sp³-hybridized carbons (Fsp3) is 0.417. The first kappa shape index (κ1) is 11.3. The smallest absolute Gasteiger partial charge is 0.145 e. The van der Waals surface area contributed by atoms with Crippen molar-refractivity contribution in [3.05, 3.63) is 29.8 Å². The lowest BCUT2D eigenvalue weighted by Crippen LogP contribution is -2.10. The van der Waals surface area contributed by atoms with Gasteiger partial charge in [-0.3, -0.25) is 4.79 Å². The number of carbonyl (C=O) groups excluding carboxylic acids is 1. The first-order valence-corrected chi connectivity index (χ1v) is 5.77. The summed E-state index contributed by atoms with van der Waals surface area (Å²) >= 11 is 1.64. The molecule has 1 aromatic carbocycles. The molecule has 0 saturated carbocycles. The van der Waals surface area contributed by atoms with Crippen molar-refractivity contribution in [2.45, 2.75) is 37.3 Å². The summed E-state index contributed by atoms with van der Waals surface area (Å²) in [6.45, 7) is 5.95. The van der Waals surface area contributed by atoms with Crippen molar-refractivity contribution in [3.8, 4) is 0 Å². The molecule has 0 bridgehead atoms. The van der Waals surface area contributed by atoms with Gasteiger partial charge in [0.1, 0.15) is 5.78 Å². The van der Waals surface area contributed by atoms with Crippen molar-refractivity contribution < 1.29 is 4.79 Å². The molecule has 1 atom stereocenters. The van der Waals surface area contributed by atoms with Crippen LogP contribution in [0.4, 0.5) is 0 Å². The quantitative estimate of drug-likeness (QED) is 0.705. The Kier molecular flexibility index (Phi) is 4.21. The van der Waals surface area contributed by atoms with E-state index in [9.17, 15) is 4.79 Å².